The van der Waals surface area contributed by atoms with E-state index in [1.165, 1.54) is 18.2 Å². The van der Waals surface area contributed by atoms with Crippen LogP contribution in [0.15, 0.2) is 24.3 Å². The molecule has 0 aromatic heterocycles. The number of carboxylic acid groups (broad SMARTS) is 1. The SMILES string of the molecule is N#Cc1cccc(CS(=O)(=O)N[C@@H](CCO)C(=O)O)c1. The van der Waals surface area contributed by atoms with Crippen LogP contribution in [0.2, 0.25) is 0 Å². The summed E-state index contributed by atoms with van der Waals surface area (Å²) in [7, 11) is -3.88. The van der Waals surface area contributed by atoms with Crippen LogP contribution in [-0.2, 0) is 20.6 Å². The third-order valence-electron chi connectivity index (χ3n) is 2.45. The molecule has 20 heavy (non-hydrogen) atoms. The average molecular weight is 298 g/mol. The molecule has 0 spiro atoms. The van der Waals surface area contributed by atoms with Gasteiger partial charge >= 0.3 is 5.97 Å². The highest BCUT2D eigenvalue weighted by atomic mass is 32.2. The molecule has 0 saturated heterocycles. The zero-order valence-electron chi connectivity index (χ0n) is 10.5. The number of nitrogens with zero attached hydrogens (tertiary/aromatic N) is 1. The Morgan fingerprint density at radius 1 is 1.45 bits per heavy atom. The van der Waals surface area contributed by atoms with E-state index in [4.69, 9.17) is 15.5 Å². The number of nitriles is 1. The second-order valence-corrected chi connectivity index (χ2v) is 5.85. The largest absolute Gasteiger partial charge is 0.480 e. The Balaban J connectivity index is 2.83. The Bertz CT molecular complexity index is 621. The first-order valence-corrected chi connectivity index (χ1v) is 7.36. The van der Waals surface area contributed by atoms with E-state index in [9.17, 15) is 13.2 Å². The number of aliphatic hydroxyl groups is 1. The summed E-state index contributed by atoms with van der Waals surface area (Å²) >= 11 is 0. The van der Waals surface area contributed by atoms with Gasteiger partial charge in [0.25, 0.3) is 0 Å². The summed E-state index contributed by atoms with van der Waals surface area (Å²) in [5.74, 6) is -1.79. The van der Waals surface area contributed by atoms with Gasteiger partial charge in [-0.15, -0.1) is 0 Å². The lowest BCUT2D eigenvalue weighted by molar-refractivity contribution is -0.139. The maximum absolute atomic E-state index is 11.9. The molecule has 0 aliphatic rings. The lowest BCUT2D eigenvalue weighted by Gasteiger charge is -2.13. The van der Waals surface area contributed by atoms with Crippen LogP contribution in [0.3, 0.4) is 0 Å². The van der Waals surface area contributed by atoms with Crippen LogP contribution in [0, 0.1) is 11.3 Å². The fraction of sp³-hybridized carbons (Fsp3) is 0.333. The van der Waals surface area contributed by atoms with E-state index in [2.05, 4.69) is 0 Å². The van der Waals surface area contributed by atoms with Crippen molar-refractivity contribution in [1.82, 2.24) is 4.72 Å². The van der Waals surface area contributed by atoms with Crippen molar-refractivity contribution in [2.45, 2.75) is 18.2 Å². The fourth-order valence-corrected chi connectivity index (χ4v) is 2.92. The molecular formula is C12H14N2O5S. The van der Waals surface area contributed by atoms with Gasteiger partial charge in [-0.3, -0.25) is 4.79 Å². The zero-order chi connectivity index (χ0) is 15.2. The highest BCUT2D eigenvalue weighted by molar-refractivity contribution is 7.88. The number of rotatable bonds is 7. The highest BCUT2D eigenvalue weighted by Crippen LogP contribution is 2.09. The van der Waals surface area contributed by atoms with Gasteiger partial charge in [0.1, 0.15) is 6.04 Å². The Labute approximate surface area is 116 Å². The van der Waals surface area contributed by atoms with E-state index in [0.717, 1.165) is 0 Å². The molecule has 0 aliphatic carbocycles. The van der Waals surface area contributed by atoms with E-state index < -0.39 is 34.4 Å². The first kappa shape index (κ1) is 16.1. The van der Waals surface area contributed by atoms with E-state index >= 15 is 0 Å². The molecule has 1 rings (SSSR count). The standard InChI is InChI=1S/C12H14N2O5S/c13-7-9-2-1-3-10(6-9)8-20(18,19)14-11(4-5-15)12(16)17/h1-3,6,11,14-15H,4-5,8H2,(H,16,17)/t11-/m0/s1. The van der Waals surface area contributed by atoms with E-state index in [0.29, 0.717) is 11.1 Å². The van der Waals surface area contributed by atoms with Crippen molar-refractivity contribution in [2.24, 2.45) is 0 Å². The van der Waals surface area contributed by atoms with Crippen molar-refractivity contribution in [3.8, 4) is 6.07 Å². The maximum Gasteiger partial charge on any atom is 0.321 e. The smallest absolute Gasteiger partial charge is 0.321 e. The molecule has 0 fully saturated rings. The minimum absolute atomic E-state index is 0.215. The molecule has 7 nitrogen and oxygen atoms in total. The monoisotopic (exact) mass is 298 g/mol. The summed E-state index contributed by atoms with van der Waals surface area (Å²) < 4.78 is 25.7. The molecule has 0 saturated carbocycles. The number of aliphatic hydroxyl groups excluding tert-OH is 1. The van der Waals surface area contributed by atoms with Crippen LogP contribution < -0.4 is 4.72 Å². The predicted molar refractivity (Wildman–Crippen MR) is 70.0 cm³/mol. The van der Waals surface area contributed by atoms with Gasteiger partial charge < -0.3 is 10.2 Å². The topological polar surface area (TPSA) is 127 Å². The molecule has 0 radical (unpaired) electrons. The molecule has 0 aliphatic heterocycles. The van der Waals surface area contributed by atoms with Gasteiger partial charge in [0.05, 0.1) is 17.4 Å². The first-order chi connectivity index (χ1) is 9.38. The maximum atomic E-state index is 11.9. The minimum atomic E-state index is -3.88. The summed E-state index contributed by atoms with van der Waals surface area (Å²) in [6.45, 7) is -0.441. The number of hydrogen-bond donors (Lipinski definition) is 3. The van der Waals surface area contributed by atoms with Crippen LogP contribution in [0.5, 0.6) is 0 Å². The van der Waals surface area contributed by atoms with Crippen molar-refractivity contribution in [1.29, 1.82) is 5.26 Å². The van der Waals surface area contributed by atoms with Gasteiger partial charge in [0.2, 0.25) is 10.0 Å². The van der Waals surface area contributed by atoms with Crippen LogP contribution in [-0.4, -0.2) is 37.2 Å². The van der Waals surface area contributed by atoms with Crippen LogP contribution in [0.1, 0.15) is 17.5 Å². The number of nitrogens with one attached hydrogen (secondary N) is 1. The summed E-state index contributed by atoms with van der Waals surface area (Å²) in [4.78, 5) is 10.8. The van der Waals surface area contributed by atoms with Crippen LogP contribution in [0.25, 0.3) is 0 Å². The molecule has 108 valence electrons. The highest BCUT2D eigenvalue weighted by Gasteiger charge is 2.23. The summed E-state index contributed by atoms with van der Waals surface area (Å²) in [5.41, 5.74) is 0.701. The normalized spacial score (nSPS) is 12.6. The summed E-state index contributed by atoms with van der Waals surface area (Å²) in [5, 5.41) is 26.3. The number of aliphatic carboxylic acids is 1. The average Bonchev–Trinajstić information content (AvgIpc) is 2.37. The fourth-order valence-electron chi connectivity index (χ4n) is 1.57. The Morgan fingerprint density at radius 3 is 2.70 bits per heavy atom. The third kappa shape index (κ3) is 4.97. The van der Waals surface area contributed by atoms with Gasteiger partial charge in [-0.2, -0.15) is 5.26 Å². The van der Waals surface area contributed by atoms with E-state index in [1.807, 2.05) is 10.8 Å². The summed E-state index contributed by atoms with van der Waals surface area (Å²) in [6, 6.07) is 6.55. The molecule has 1 aromatic rings. The molecule has 8 heteroatoms. The van der Waals surface area contributed by atoms with Crippen molar-refractivity contribution in [2.75, 3.05) is 6.61 Å². The molecule has 0 unspecified atom stereocenters. The first-order valence-electron chi connectivity index (χ1n) is 5.70. The zero-order valence-corrected chi connectivity index (χ0v) is 11.3. The van der Waals surface area contributed by atoms with Crippen molar-refractivity contribution >= 4 is 16.0 Å². The Kier molecular flexibility index (Phi) is 5.64. The quantitative estimate of drug-likeness (QED) is 0.640. The van der Waals surface area contributed by atoms with Gasteiger partial charge in [0, 0.05) is 6.61 Å². The Morgan fingerprint density at radius 2 is 2.15 bits per heavy atom. The van der Waals surface area contributed by atoms with Gasteiger partial charge in [0.15, 0.2) is 0 Å². The van der Waals surface area contributed by atoms with Crippen LogP contribution in [0.4, 0.5) is 0 Å². The van der Waals surface area contributed by atoms with Crippen molar-refractivity contribution in [3.63, 3.8) is 0 Å². The molecular weight excluding hydrogens is 284 g/mol. The molecule has 3 N–H and O–H groups in total. The number of carboxylic acids is 1. The molecule has 0 amide bonds. The van der Waals surface area contributed by atoms with E-state index in [1.54, 1.807) is 6.07 Å². The number of hydrogen-bond acceptors (Lipinski definition) is 5. The lowest BCUT2D eigenvalue weighted by Crippen LogP contribution is -2.41. The third-order valence-corrected chi connectivity index (χ3v) is 3.81. The molecule has 0 bridgehead atoms. The molecule has 1 aromatic carbocycles. The number of carbonyl (C=O) groups is 1. The second-order valence-electron chi connectivity index (χ2n) is 4.09. The molecule has 1 atom stereocenters. The summed E-state index contributed by atoms with van der Waals surface area (Å²) in [6.07, 6.45) is -0.215. The van der Waals surface area contributed by atoms with Gasteiger partial charge in [-0.25, -0.2) is 13.1 Å². The van der Waals surface area contributed by atoms with E-state index in [-0.39, 0.29) is 6.42 Å². The molecule has 0 heterocycles. The van der Waals surface area contributed by atoms with Gasteiger partial charge in [-0.05, 0) is 24.1 Å². The van der Waals surface area contributed by atoms with Crippen molar-refractivity contribution in [3.05, 3.63) is 35.4 Å². The van der Waals surface area contributed by atoms with Crippen molar-refractivity contribution < 1.29 is 23.4 Å². The van der Waals surface area contributed by atoms with Gasteiger partial charge in [-0.1, -0.05) is 12.1 Å². The second kappa shape index (κ2) is 7.00. The number of benzene rings is 1. The minimum Gasteiger partial charge on any atom is -0.480 e. The lowest BCUT2D eigenvalue weighted by atomic mass is 10.2. The van der Waals surface area contributed by atoms with Crippen LogP contribution >= 0.6 is 0 Å². The Hall–Kier alpha value is -1.95. The number of sulfonamides is 1. The predicted octanol–water partition coefficient (Wildman–Crippen LogP) is -0.187.